The lowest BCUT2D eigenvalue weighted by Crippen LogP contribution is -2.43. The van der Waals surface area contributed by atoms with Gasteiger partial charge in [0.1, 0.15) is 0 Å². The van der Waals surface area contributed by atoms with E-state index in [-0.39, 0.29) is 23.5 Å². The van der Waals surface area contributed by atoms with Crippen LogP contribution in [-0.2, 0) is 32.2 Å². The minimum absolute atomic E-state index is 0.0248. The third-order valence-corrected chi connectivity index (χ3v) is 7.76. The summed E-state index contributed by atoms with van der Waals surface area (Å²) >= 11 is 0. The molecule has 0 N–H and O–H groups in total. The number of esters is 1. The van der Waals surface area contributed by atoms with E-state index in [1.807, 2.05) is 24.3 Å². The Morgan fingerprint density at radius 1 is 1.20 bits per heavy atom. The van der Waals surface area contributed by atoms with E-state index < -0.39 is 22.4 Å². The van der Waals surface area contributed by atoms with Crippen molar-refractivity contribution in [3.05, 3.63) is 41.1 Å². The Bertz CT molecular complexity index is 1100. The van der Waals surface area contributed by atoms with Gasteiger partial charge in [-0.3, -0.25) is 9.78 Å². The van der Waals surface area contributed by atoms with Crippen molar-refractivity contribution in [3.63, 3.8) is 0 Å². The van der Waals surface area contributed by atoms with Gasteiger partial charge in [0.05, 0.1) is 22.6 Å². The summed E-state index contributed by atoms with van der Waals surface area (Å²) in [6.45, 7) is 1.79. The Balaban J connectivity index is 1.54. The standard InChI is InChI=1S/C22H26N2O5S/c1-2-24(15-11-12-30(27,28)14-15)20(25)13-29-22(26)21-16-7-3-5-9-18(16)23-19-10-6-4-8-17(19)21/h3,5,7,9,15H,2,4,6,8,10-14H2,1H3/t15-/m1/s1. The number of para-hydroxylation sites is 1. The van der Waals surface area contributed by atoms with Gasteiger partial charge < -0.3 is 9.64 Å². The number of hydrogen-bond acceptors (Lipinski definition) is 6. The fourth-order valence-electron chi connectivity index (χ4n) is 4.55. The number of rotatable bonds is 5. The summed E-state index contributed by atoms with van der Waals surface area (Å²) in [5.41, 5.74) is 3.12. The third kappa shape index (κ3) is 4.05. The Hall–Kier alpha value is -2.48. The summed E-state index contributed by atoms with van der Waals surface area (Å²) in [7, 11) is -3.10. The molecule has 1 aromatic carbocycles. The smallest absolute Gasteiger partial charge is 0.339 e. The van der Waals surface area contributed by atoms with E-state index in [1.165, 1.54) is 4.90 Å². The lowest BCUT2D eigenvalue weighted by Gasteiger charge is -2.26. The highest BCUT2D eigenvalue weighted by molar-refractivity contribution is 7.91. The third-order valence-electron chi connectivity index (χ3n) is 6.01. The van der Waals surface area contributed by atoms with Crippen molar-refractivity contribution in [1.82, 2.24) is 9.88 Å². The molecule has 1 aromatic heterocycles. The first-order valence-electron chi connectivity index (χ1n) is 10.5. The topological polar surface area (TPSA) is 93.6 Å². The van der Waals surface area contributed by atoms with Crippen molar-refractivity contribution in [2.45, 2.75) is 45.1 Å². The molecule has 0 spiro atoms. The van der Waals surface area contributed by atoms with E-state index >= 15 is 0 Å². The number of carbonyl (C=O) groups excluding carboxylic acids is 2. The molecule has 30 heavy (non-hydrogen) atoms. The zero-order valence-electron chi connectivity index (χ0n) is 17.1. The Labute approximate surface area is 176 Å². The van der Waals surface area contributed by atoms with E-state index in [1.54, 1.807) is 6.92 Å². The van der Waals surface area contributed by atoms with Crippen LogP contribution in [0.4, 0.5) is 0 Å². The van der Waals surface area contributed by atoms with Gasteiger partial charge in [-0.15, -0.1) is 0 Å². The normalized spacial score (nSPS) is 20.0. The van der Waals surface area contributed by atoms with Crippen molar-refractivity contribution < 1.29 is 22.7 Å². The van der Waals surface area contributed by atoms with Crippen LogP contribution in [0.25, 0.3) is 10.9 Å². The number of aromatic nitrogens is 1. The van der Waals surface area contributed by atoms with Crippen LogP contribution in [0.3, 0.4) is 0 Å². The van der Waals surface area contributed by atoms with E-state index in [0.29, 0.717) is 18.5 Å². The van der Waals surface area contributed by atoms with E-state index in [9.17, 15) is 18.0 Å². The van der Waals surface area contributed by atoms with Crippen molar-refractivity contribution in [2.24, 2.45) is 0 Å². The number of amides is 1. The van der Waals surface area contributed by atoms with Crippen LogP contribution in [0.1, 0.15) is 47.8 Å². The minimum atomic E-state index is -3.10. The monoisotopic (exact) mass is 430 g/mol. The molecule has 0 saturated carbocycles. The highest BCUT2D eigenvalue weighted by atomic mass is 32.2. The number of carbonyl (C=O) groups is 2. The average molecular weight is 431 g/mol. The average Bonchev–Trinajstić information content (AvgIpc) is 3.10. The highest BCUT2D eigenvalue weighted by Gasteiger charge is 2.34. The fourth-order valence-corrected chi connectivity index (χ4v) is 6.28. The second kappa shape index (κ2) is 8.34. The number of likely N-dealkylation sites (N-methyl/N-ethyl adjacent to an activating group) is 1. The van der Waals surface area contributed by atoms with Gasteiger partial charge in [0.25, 0.3) is 5.91 Å². The molecule has 1 fully saturated rings. The molecule has 160 valence electrons. The van der Waals surface area contributed by atoms with Crippen LogP contribution in [-0.4, -0.2) is 60.9 Å². The van der Waals surface area contributed by atoms with Gasteiger partial charge in [0, 0.05) is 23.7 Å². The van der Waals surface area contributed by atoms with E-state index in [4.69, 9.17) is 9.72 Å². The van der Waals surface area contributed by atoms with Gasteiger partial charge in [-0.1, -0.05) is 18.2 Å². The van der Waals surface area contributed by atoms with Crippen molar-refractivity contribution in [1.29, 1.82) is 0 Å². The largest absolute Gasteiger partial charge is 0.452 e. The van der Waals surface area contributed by atoms with Crippen molar-refractivity contribution in [2.75, 3.05) is 24.7 Å². The molecule has 1 aliphatic carbocycles. The molecule has 1 aliphatic heterocycles. The Kier molecular flexibility index (Phi) is 5.77. The number of hydrogen-bond donors (Lipinski definition) is 0. The first-order valence-corrected chi connectivity index (χ1v) is 12.3. The molecular formula is C22H26N2O5S. The SMILES string of the molecule is CCN(C(=O)COC(=O)c1c2c(nc3ccccc13)CCCC2)[C@@H]1CCS(=O)(=O)C1. The molecule has 4 rings (SSSR count). The first kappa shape index (κ1) is 20.8. The maximum atomic E-state index is 13.1. The molecule has 1 amide bonds. The molecule has 7 nitrogen and oxygen atoms in total. The van der Waals surface area contributed by atoms with Crippen LogP contribution < -0.4 is 0 Å². The zero-order valence-corrected chi connectivity index (χ0v) is 17.9. The molecule has 2 heterocycles. The minimum Gasteiger partial charge on any atom is -0.452 e. The molecule has 8 heteroatoms. The van der Waals surface area contributed by atoms with Crippen molar-refractivity contribution in [3.8, 4) is 0 Å². The van der Waals surface area contributed by atoms with E-state index in [2.05, 4.69) is 0 Å². The number of pyridine rings is 1. The number of sulfone groups is 1. The number of nitrogens with zero attached hydrogens (tertiary/aromatic N) is 2. The molecule has 0 unspecified atom stereocenters. The quantitative estimate of drug-likeness (QED) is 0.676. The number of aryl methyl sites for hydroxylation is 1. The predicted octanol–water partition coefficient (Wildman–Crippen LogP) is 2.31. The lowest BCUT2D eigenvalue weighted by molar-refractivity contribution is -0.136. The van der Waals surface area contributed by atoms with Gasteiger partial charge >= 0.3 is 5.97 Å². The highest BCUT2D eigenvalue weighted by Crippen LogP contribution is 2.30. The van der Waals surface area contributed by atoms with Gasteiger partial charge in [-0.05, 0) is 50.7 Å². The fraction of sp³-hybridized carbons (Fsp3) is 0.500. The van der Waals surface area contributed by atoms with Crippen LogP contribution in [0, 0.1) is 0 Å². The maximum Gasteiger partial charge on any atom is 0.339 e. The van der Waals surface area contributed by atoms with Gasteiger partial charge in [-0.25, -0.2) is 13.2 Å². The summed E-state index contributed by atoms with van der Waals surface area (Å²) in [5, 5.41) is 0.741. The second-order valence-electron chi connectivity index (χ2n) is 7.95. The summed E-state index contributed by atoms with van der Waals surface area (Å²) in [6.07, 6.45) is 4.07. The summed E-state index contributed by atoms with van der Waals surface area (Å²) in [5.74, 6) is -0.810. The molecule has 1 atom stereocenters. The summed E-state index contributed by atoms with van der Waals surface area (Å²) < 4.78 is 29.0. The second-order valence-corrected chi connectivity index (χ2v) is 10.2. The summed E-state index contributed by atoms with van der Waals surface area (Å²) in [6, 6.07) is 7.14. The molecule has 1 saturated heterocycles. The molecule has 2 aromatic rings. The Morgan fingerprint density at radius 2 is 1.97 bits per heavy atom. The molecule has 2 aliphatic rings. The molecule has 0 bridgehead atoms. The Morgan fingerprint density at radius 3 is 2.70 bits per heavy atom. The van der Waals surface area contributed by atoms with Gasteiger partial charge in [0.2, 0.25) is 0 Å². The predicted molar refractivity (Wildman–Crippen MR) is 113 cm³/mol. The van der Waals surface area contributed by atoms with Gasteiger partial charge in [0.15, 0.2) is 16.4 Å². The van der Waals surface area contributed by atoms with Crippen LogP contribution >= 0.6 is 0 Å². The van der Waals surface area contributed by atoms with Crippen LogP contribution in [0.2, 0.25) is 0 Å². The lowest BCUT2D eigenvalue weighted by atomic mass is 9.90. The van der Waals surface area contributed by atoms with E-state index in [0.717, 1.165) is 47.8 Å². The number of ether oxygens (including phenoxy) is 1. The van der Waals surface area contributed by atoms with Gasteiger partial charge in [-0.2, -0.15) is 0 Å². The summed E-state index contributed by atoms with van der Waals surface area (Å²) in [4.78, 5) is 32.0. The molecule has 0 radical (unpaired) electrons. The number of fused-ring (bicyclic) bond motifs is 2. The zero-order chi connectivity index (χ0) is 21.3. The van der Waals surface area contributed by atoms with Crippen LogP contribution in [0.15, 0.2) is 24.3 Å². The maximum absolute atomic E-state index is 13.1. The first-order chi connectivity index (χ1) is 14.4. The van der Waals surface area contributed by atoms with Crippen molar-refractivity contribution >= 4 is 32.6 Å². The number of benzene rings is 1. The molecular weight excluding hydrogens is 404 g/mol. The van der Waals surface area contributed by atoms with Crippen LogP contribution in [0.5, 0.6) is 0 Å².